The molecule has 1 aromatic rings. The van der Waals surface area contributed by atoms with Gasteiger partial charge >= 0.3 is 0 Å². The summed E-state index contributed by atoms with van der Waals surface area (Å²) in [6, 6.07) is 14.0. The third-order valence-electron chi connectivity index (χ3n) is 3.24. The SMILES string of the molecule is CC[SiH]1CCCCC1.O=Cc1ccccc1. The van der Waals surface area contributed by atoms with Crippen molar-refractivity contribution < 1.29 is 4.79 Å². The lowest BCUT2D eigenvalue weighted by Crippen LogP contribution is -2.13. The van der Waals surface area contributed by atoms with Gasteiger partial charge in [-0.15, -0.1) is 0 Å². The van der Waals surface area contributed by atoms with Crippen molar-refractivity contribution >= 4 is 15.1 Å². The Kier molecular flexibility index (Phi) is 6.82. The zero-order chi connectivity index (χ0) is 11.6. The molecule has 1 aliphatic heterocycles. The van der Waals surface area contributed by atoms with Crippen molar-refractivity contribution in [3.63, 3.8) is 0 Å². The fourth-order valence-electron chi connectivity index (χ4n) is 2.13. The summed E-state index contributed by atoms with van der Waals surface area (Å²) in [6.07, 6.45) is 5.49. The monoisotopic (exact) mass is 234 g/mol. The first kappa shape index (κ1) is 13.2. The van der Waals surface area contributed by atoms with Crippen LogP contribution >= 0.6 is 0 Å². The number of hydrogen-bond acceptors (Lipinski definition) is 1. The molecule has 0 aliphatic carbocycles. The molecule has 1 saturated heterocycles. The lowest BCUT2D eigenvalue weighted by Gasteiger charge is -2.17. The summed E-state index contributed by atoms with van der Waals surface area (Å²) in [5.74, 6) is 0. The first-order valence-electron chi connectivity index (χ1n) is 6.37. The van der Waals surface area contributed by atoms with Crippen LogP contribution < -0.4 is 0 Å². The molecule has 2 rings (SSSR count). The van der Waals surface area contributed by atoms with E-state index in [1.807, 2.05) is 18.2 Å². The molecule has 0 radical (unpaired) electrons. The van der Waals surface area contributed by atoms with Gasteiger partial charge in [-0.3, -0.25) is 4.79 Å². The second-order valence-corrected chi connectivity index (χ2v) is 8.14. The molecule has 1 heterocycles. The van der Waals surface area contributed by atoms with Gasteiger partial charge < -0.3 is 0 Å². The Bertz CT molecular complexity index is 278. The van der Waals surface area contributed by atoms with Gasteiger partial charge in [-0.2, -0.15) is 0 Å². The largest absolute Gasteiger partial charge is 0.298 e. The predicted octanol–water partition coefficient (Wildman–Crippen LogP) is 3.92. The van der Waals surface area contributed by atoms with Crippen LogP contribution in [0.3, 0.4) is 0 Å². The first-order chi connectivity index (χ1) is 7.86. The zero-order valence-corrected chi connectivity index (χ0v) is 11.3. The van der Waals surface area contributed by atoms with Gasteiger partial charge in [0.2, 0.25) is 0 Å². The Morgan fingerprint density at radius 3 is 2.12 bits per heavy atom. The molecular formula is C14H22OSi. The normalized spacial score (nSPS) is 16.1. The number of carbonyl (C=O) groups excluding carboxylic acids is 1. The summed E-state index contributed by atoms with van der Waals surface area (Å²) in [7, 11) is -0.105. The molecule has 0 N–H and O–H groups in total. The lowest BCUT2D eigenvalue weighted by atomic mass is 10.2. The maximum atomic E-state index is 10.0. The number of aldehydes is 1. The molecule has 16 heavy (non-hydrogen) atoms. The molecule has 88 valence electrons. The second-order valence-electron chi connectivity index (χ2n) is 4.44. The van der Waals surface area contributed by atoms with Crippen molar-refractivity contribution in [1.82, 2.24) is 0 Å². The van der Waals surface area contributed by atoms with Crippen molar-refractivity contribution in [3.8, 4) is 0 Å². The molecular weight excluding hydrogens is 212 g/mol. The van der Waals surface area contributed by atoms with Gasteiger partial charge in [-0.1, -0.05) is 74.7 Å². The minimum atomic E-state index is -0.105. The number of rotatable bonds is 2. The average molecular weight is 234 g/mol. The molecule has 1 fully saturated rings. The van der Waals surface area contributed by atoms with Gasteiger partial charge in [-0.05, 0) is 0 Å². The summed E-state index contributed by atoms with van der Waals surface area (Å²) in [5.41, 5.74) is 0.729. The average Bonchev–Trinajstić information content (AvgIpc) is 2.41. The lowest BCUT2D eigenvalue weighted by molar-refractivity contribution is 0.112. The maximum absolute atomic E-state index is 10.0. The predicted molar refractivity (Wildman–Crippen MR) is 72.9 cm³/mol. The van der Waals surface area contributed by atoms with Crippen molar-refractivity contribution in [2.75, 3.05) is 0 Å². The van der Waals surface area contributed by atoms with Crippen LogP contribution in [0.25, 0.3) is 0 Å². The smallest absolute Gasteiger partial charge is 0.150 e. The minimum Gasteiger partial charge on any atom is -0.298 e. The van der Waals surface area contributed by atoms with Crippen LogP contribution in [0, 0.1) is 0 Å². The van der Waals surface area contributed by atoms with Gasteiger partial charge in [0.15, 0.2) is 0 Å². The third kappa shape index (κ3) is 5.26. The van der Waals surface area contributed by atoms with E-state index >= 15 is 0 Å². The summed E-state index contributed by atoms with van der Waals surface area (Å²) in [4.78, 5) is 10.0. The molecule has 0 aromatic heterocycles. The van der Waals surface area contributed by atoms with E-state index in [2.05, 4.69) is 6.92 Å². The molecule has 0 spiro atoms. The van der Waals surface area contributed by atoms with Crippen LogP contribution in [0.5, 0.6) is 0 Å². The van der Waals surface area contributed by atoms with E-state index in [-0.39, 0.29) is 8.80 Å². The zero-order valence-electron chi connectivity index (χ0n) is 10.2. The van der Waals surface area contributed by atoms with Crippen LogP contribution in [0.4, 0.5) is 0 Å². The number of benzene rings is 1. The second kappa shape index (κ2) is 8.28. The highest BCUT2D eigenvalue weighted by Crippen LogP contribution is 2.20. The summed E-state index contributed by atoms with van der Waals surface area (Å²) >= 11 is 0. The summed E-state index contributed by atoms with van der Waals surface area (Å²) in [5, 5.41) is 0. The van der Waals surface area contributed by atoms with Crippen LogP contribution in [0.2, 0.25) is 18.1 Å². The molecule has 1 nitrogen and oxygen atoms in total. The Balaban J connectivity index is 0.000000160. The molecule has 2 heteroatoms. The van der Waals surface area contributed by atoms with E-state index in [1.54, 1.807) is 43.1 Å². The van der Waals surface area contributed by atoms with Crippen molar-refractivity contribution in [2.24, 2.45) is 0 Å². The van der Waals surface area contributed by atoms with E-state index in [1.165, 1.54) is 6.42 Å². The third-order valence-corrected chi connectivity index (χ3v) is 6.84. The van der Waals surface area contributed by atoms with Crippen molar-refractivity contribution in [2.45, 2.75) is 44.3 Å². The fourth-order valence-corrected chi connectivity index (χ4v) is 4.96. The van der Waals surface area contributed by atoms with E-state index in [4.69, 9.17) is 0 Å². The first-order valence-corrected chi connectivity index (χ1v) is 8.82. The number of hydrogen-bond donors (Lipinski definition) is 0. The Hall–Kier alpha value is -0.893. The Morgan fingerprint density at radius 1 is 1.12 bits per heavy atom. The molecule has 0 amide bonds. The van der Waals surface area contributed by atoms with Gasteiger partial charge in [0, 0.05) is 14.4 Å². The molecule has 1 aromatic carbocycles. The molecule has 1 aliphatic rings. The van der Waals surface area contributed by atoms with Gasteiger partial charge in [-0.25, -0.2) is 0 Å². The van der Waals surface area contributed by atoms with Gasteiger partial charge in [0.25, 0.3) is 0 Å². The van der Waals surface area contributed by atoms with Gasteiger partial charge in [0.05, 0.1) is 0 Å². The quantitative estimate of drug-likeness (QED) is 0.560. The highest BCUT2D eigenvalue weighted by Gasteiger charge is 2.11. The van der Waals surface area contributed by atoms with E-state index < -0.39 is 0 Å². The van der Waals surface area contributed by atoms with Crippen LogP contribution in [-0.2, 0) is 0 Å². The van der Waals surface area contributed by atoms with E-state index in [0.29, 0.717) is 0 Å². The van der Waals surface area contributed by atoms with E-state index in [9.17, 15) is 4.79 Å². The molecule has 0 saturated carbocycles. The standard InChI is InChI=1S/C7H6O.C7H16Si/c8-6-7-4-2-1-3-5-7;1-2-8-6-4-3-5-7-8/h1-6H;8H,2-7H2,1H3. The molecule has 0 atom stereocenters. The fraction of sp³-hybridized carbons (Fsp3) is 0.500. The highest BCUT2D eigenvalue weighted by molar-refractivity contribution is 6.58. The number of carbonyl (C=O) groups is 1. The minimum absolute atomic E-state index is 0.105. The summed E-state index contributed by atoms with van der Waals surface area (Å²) in [6.45, 7) is 2.38. The van der Waals surface area contributed by atoms with Crippen LogP contribution in [-0.4, -0.2) is 15.1 Å². The van der Waals surface area contributed by atoms with Crippen molar-refractivity contribution in [1.29, 1.82) is 0 Å². The maximum Gasteiger partial charge on any atom is 0.150 e. The highest BCUT2D eigenvalue weighted by atomic mass is 28.3. The summed E-state index contributed by atoms with van der Waals surface area (Å²) < 4.78 is 0. The van der Waals surface area contributed by atoms with Crippen LogP contribution in [0.1, 0.15) is 36.5 Å². The van der Waals surface area contributed by atoms with Gasteiger partial charge in [0.1, 0.15) is 6.29 Å². The molecule has 0 bridgehead atoms. The Labute approximate surface area is 100 Å². The van der Waals surface area contributed by atoms with Crippen LogP contribution in [0.15, 0.2) is 30.3 Å². The Morgan fingerprint density at radius 2 is 1.75 bits per heavy atom. The topological polar surface area (TPSA) is 17.1 Å². The van der Waals surface area contributed by atoms with E-state index in [0.717, 1.165) is 11.8 Å². The van der Waals surface area contributed by atoms with Crippen molar-refractivity contribution in [3.05, 3.63) is 35.9 Å². The molecule has 0 unspecified atom stereocenters.